The number of hydrogen-bond donors (Lipinski definition) is 7. The molecule has 4 rings (SSSR count). The van der Waals surface area contributed by atoms with Crippen LogP contribution in [0.1, 0.15) is 80.1 Å². The fraction of sp³-hybridized carbons (Fsp3) is 0.455. The van der Waals surface area contributed by atoms with Gasteiger partial charge in [0.2, 0.25) is 11.8 Å². The average molecular weight is 623 g/mol. The summed E-state index contributed by atoms with van der Waals surface area (Å²) in [6.45, 7) is 9.63. The predicted molar refractivity (Wildman–Crippen MR) is 172 cm³/mol. The summed E-state index contributed by atoms with van der Waals surface area (Å²) < 4.78 is 0. The lowest BCUT2D eigenvalue weighted by Gasteiger charge is -2.12. The molecule has 0 unspecified atom stereocenters. The second-order valence-corrected chi connectivity index (χ2v) is 12.0. The lowest BCUT2D eigenvalue weighted by atomic mass is 9.98. The third-order valence-corrected chi connectivity index (χ3v) is 9.20. The average Bonchev–Trinajstić information content (AvgIpc) is 3.60. The molecule has 2 aliphatic heterocycles. The van der Waals surface area contributed by atoms with Crippen LogP contribution in [0.4, 0.5) is 0 Å². The van der Waals surface area contributed by atoms with Crippen molar-refractivity contribution >= 4 is 48.5 Å². The smallest absolute Gasteiger partial charge is 0.303 e. The maximum Gasteiger partial charge on any atom is 0.303 e. The molecule has 6 N–H and O–H groups in total. The Morgan fingerprint density at radius 2 is 1.52 bits per heavy atom. The molecule has 2 aromatic heterocycles. The summed E-state index contributed by atoms with van der Waals surface area (Å²) >= 11 is 4.36. The lowest BCUT2D eigenvalue weighted by molar-refractivity contribution is -0.138. The maximum absolute atomic E-state index is 12.5. The van der Waals surface area contributed by atoms with E-state index in [9.17, 15) is 29.4 Å². The SMILES string of the molecule is CCC1=C(C)[C@@H](Cc2[nH]c(/C=c3\[nH]/c(=C/[C@@H]4NC(=O)C(C)=C4CCS)c(C)c3CCC(=O)O)c(CCC(=O)O)c2C)NC1=O. The van der Waals surface area contributed by atoms with Gasteiger partial charge in [0.05, 0.1) is 12.1 Å². The van der Waals surface area contributed by atoms with Crippen molar-refractivity contribution < 1.29 is 29.4 Å². The number of carbonyl (C=O) groups excluding carboxylic acids is 2. The van der Waals surface area contributed by atoms with Crippen LogP contribution in [0.2, 0.25) is 0 Å². The van der Waals surface area contributed by atoms with Crippen LogP contribution in [0, 0.1) is 13.8 Å². The van der Waals surface area contributed by atoms with Crippen molar-refractivity contribution in [3.05, 3.63) is 66.6 Å². The molecule has 0 saturated heterocycles. The number of hydrogen-bond acceptors (Lipinski definition) is 5. The van der Waals surface area contributed by atoms with Crippen LogP contribution in [0.3, 0.4) is 0 Å². The normalized spacial score (nSPS) is 19.4. The molecule has 0 aromatic carbocycles. The van der Waals surface area contributed by atoms with Gasteiger partial charge in [-0.2, -0.15) is 12.6 Å². The second kappa shape index (κ2) is 13.8. The van der Waals surface area contributed by atoms with E-state index < -0.39 is 11.9 Å². The zero-order chi connectivity index (χ0) is 32.3. The number of aliphatic carboxylic acids is 2. The van der Waals surface area contributed by atoms with Gasteiger partial charge in [-0.05, 0) is 105 Å². The number of amides is 2. The summed E-state index contributed by atoms with van der Waals surface area (Å²) in [5, 5.41) is 26.5. The molecule has 0 saturated carbocycles. The zero-order valence-electron chi connectivity index (χ0n) is 25.9. The van der Waals surface area contributed by atoms with Crippen LogP contribution in [0.5, 0.6) is 0 Å². The summed E-state index contributed by atoms with van der Waals surface area (Å²) in [5.41, 5.74) is 8.66. The van der Waals surface area contributed by atoms with E-state index in [0.717, 1.165) is 61.1 Å². The highest BCUT2D eigenvalue weighted by Gasteiger charge is 2.29. The van der Waals surface area contributed by atoms with E-state index in [4.69, 9.17) is 0 Å². The molecule has 2 aromatic rings. The molecule has 44 heavy (non-hydrogen) atoms. The highest BCUT2D eigenvalue weighted by atomic mass is 32.1. The number of carbonyl (C=O) groups is 4. The highest BCUT2D eigenvalue weighted by molar-refractivity contribution is 7.80. The highest BCUT2D eigenvalue weighted by Crippen LogP contribution is 2.27. The Hall–Kier alpha value is -3.99. The number of thiol groups is 1. The molecule has 0 radical (unpaired) electrons. The molecule has 0 fully saturated rings. The number of rotatable bonds is 13. The lowest BCUT2D eigenvalue weighted by Crippen LogP contribution is -2.30. The van der Waals surface area contributed by atoms with Gasteiger partial charge in [-0.15, -0.1) is 0 Å². The van der Waals surface area contributed by atoms with Crippen molar-refractivity contribution in [3.63, 3.8) is 0 Å². The minimum atomic E-state index is -0.909. The Labute approximate surface area is 262 Å². The third-order valence-electron chi connectivity index (χ3n) is 8.97. The van der Waals surface area contributed by atoms with E-state index in [1.807, 2.05) is 46.8 Å². The number of nitrogens with one attached hydrogen (secondary N) is 4. The number of aromatic amines is 2. The summed E-state index contributed by atoms with van der Waals surface area (Å²) in [6.07, 6.45) is 6.23. The van der Waals surface area contributed by atoms with E-state index in [0.29, 0.717) is 43.4 Å². The van der Waals surface area contributed by atoms with Gasteiger partial charge in [-0.1, -0.05) is 6.92 Å². The van der Waals surface area contributed by atoms with Crippen LogP contribution in [0.15, 0.2) is 22.3 Å². The first-order chi connectivity index (χ1) is 20.9. The Bertz CT molecular complexity index is 1690. The van der Waals surface area contributed by atoms with Crippen molar-refractivity contribution in [2.24, 2.45) is 0 Å². The van der Waals surface area contributed by atoms with Crippen LogP contribution in [0.25, 0.3) is 12.2 Å². The van der Waals surface area contributed by atoms with Gasteiger partial charge in [0.15, 0.2) is 0 Å². The Kier molecular flexibility index (Phi) is 10.3. The van der Waals surface area contributed by atoms with Gasteiger partial charge in [0, 0.05) is 52.5 Å². The molecular weight excluding hydrogens is 580 g/mol. The summed E-state index contributed by atoms with van der Waals surface area (Å²) in [6, 6.07) is -0.455. The molecule has 2 amide bonds. The molecule has 4 heterocycles. The van der Waals surface area contributed by atoms with Crippen molar-refractivity contribution in [1.82, 2.24) is 20.6 Å². The Morgan fingerprint density at radius 3 is 2.11 bits per heavy atom. The van der Waals surface area contributed by atoms with Crippen molar-refractivity contribution in [3.8, 4) is 0 Å². The van der Waals surface area contributed by atoms with Crippen LogP contribution in [-0.2, 0) is 38.4 Å². The number of carboxylic acid groups (broad SMARTS) is 2. The van der Waals surface area contributed by atoms with Crippen LogP contribution in [-0.4, -0.2) is 61.8 Å². The molecule has 0 spiro atoms. The Morgan fingerprint density at radius 1 is 0.864 bits per heavy atom. The first-order valence-corrected chi connectivity index (χ1v) is 15.7. The maximum atomic E-state index is 12.5. The van der Waals surface area contributed by atoms with Crippen LogP contribution >= 0.6 is 12.6 Å². The van der Waals surface area contributed by atoms with E-state index >= 15 is 0 Å². The standard InChI is InChI=1S/C33H42N4O6S/c1-6-20-16(2)26(36-33(20)43)13-24-17(3)21(7-9-30(38)39)27(34-24)15-28-22(8-10-31(40)41)18(4)25(35-28)14-29-23(11-12-44)19(5)32(42)37-29/h14-15,26,29,34-35,44H,6-13H2,1-5H3,(H,36,43)(H,37,42)(H,38,39)(H,40,41)/b25-14+,28-15-/t26-,29+/m1/s1. The molecule has 2 atom stereocenters. The number of carboxylic acids is 2. The fourth-order valence-corrected chi connectivity index (χ4v) is 6.58. The number of H-pyrrole nitrogens is 2. The first kappa shape index (κ1) is 32.9. The minimum Gasteiger partial charge on any atom is -0.481 e. The van der Waals surface area contributed by atoms with Gasteiger partial charge in [0.1, 0.15) is 0 Å². The Balaban J connectivity index is 1.84. The van der Waals surface area contributed by atoms with E-state index in [1.54, 1.807) is 0 Å². The van der Waals surface area contributed by atoms with Crippen molar-refractivity contribution in [2.45, 2.75) is 91.6 Å². The fourth-order valence-electron chi connectivity index (χ4n) is 6.34. The monoisotopic (exact) mass is 622 g/mol. The van der Waals surface area contributed by atoms with Gasteiger partial charge >= 0.3 is 11.9 Å². The second-order valence-electron chi connectivity index (χ2n) is 11.6. The first-order valence-electron chi connectivity index (χ1n) is 15.0. The summed E-state index contributed by atoms with van der Waals surface area (Å²) in [7, 11) is 0. The number of aromatic nitrogens is 2. The van der Waals surface area contributed by atoms with Gasteiger partial charge in [-0.3, -0.25) is 19.2 Å². The minimum absolute atomic E-state index is 0.0479. The summed E-state index contributed by atoms with van der Waals surface area (Å²) in [5.74, 6) is -1.37. The van der Waals surface area contributed by atoms with Gasteiger partial charge in [0.25, 0.3) is 0 Å². The predicted octanol–water partition coefficient (Wildman–Crippen LogP) is 2.51. The largest absolute Gasteiger partial charge is 0.481 e. The molecular formula is C33H42N4O6S. The summed E-state index contributed by atoms with van der Waals surface area (Å²) in [4.78, 5) is 55.0. The quantitative estimate of drug-likeness (QED) is 0.170. The molecule has 10 nitrogen and oxygen atoms in total. The molecule has 11 heteroatoms. The van der Waals surface area contributed by atoms with Crippen LogP contribution < -0.4 is 21.3 Å². The van der Waals surface area contributed by atoms with Crippen molar-refractivity contribution in [1.29, 1.82) is 0 Å². The topological polar surface area (TPSA) is 164 Å². The molecule has 0 aliphatic carbocycles. The molecule has 0 bridgehead atoms. The van der Waals surface area contributed by atoms with E-state index in [2.05, 4.69) is 33.2 Å². The van der Waals surface area contributed by atoms with E-state index in [1.165, 1.54) is 0 Å². The molecule has 236 valence electrons. The molecule has 2 aliphatic rings. The van der Waals surface area contributed by atoms with E-state index in [-0.39, 0.29) is 36.7 Å². The third kappa shape index (κ3) is 6.88. The van der Waals surface area contributed by atoms with Gasteiger partial charge < -0.3 is 30.8 Å². The van der Waals surface area contributed by atoms with Gasteiger partial charge in [-0.25, -0.2) is 0 Å². The van der Waals surface area contributed by atoms with Crippen molar-refractivity contribution in [2.75, 3.05) is 5.75 Å². The zero-order valence-corrected chi connectivity index (χ0v) is 26.8.